The summed E-state index contributed by atoms with van der Waals surface area (Å²) in [7, 11) is 0. The fourth-order valence-electron chi connectivity index (χ4n) is 2.43. The second-order valence-electron chi connectivity index (χ2n) is 5.05. The van der Waals surface area contributed by atoms with Crippen molar-refractivity contribution < 1.29 is 0 Å². The summed E-state index contributed by atoms with van der Waals surface area (Å²) in [5, 5.41) is 5.41. The van der Waals surface area contributed by atoms with E-state index in [2.05, 4.69) is 36.0 Å². The Kier molecular flexibility index (Phi) is 5.21. The lowest BCUT2D eigenvalue weighted by molar-refractivity contribution is 0.295. The summed E-state index contributed by atoms with van der Waals surface area (Å²) in [5.74, 6) is 0. The van der Waals surface area contributed by atoms with Gasteiger partial charge in [-0.1, -0.05) is 25.4 Å². The van der Waals surface area contributed by atoms with Gasteiger partial charge < -0.3 is 10.2 Å². The number of aromatic nitrogens is 1. The minimum atomic E-state index is 0.385. The third-order valence-corrected chi connectivity index (χ3v) is 3.77. The van der Waals surface area contributed by atoms with Crippen LogP contribution < -0.4 is 5.32 Å². The summed E-state index contributed by atoms with van der Waals surface area (Å²) in [6.45, 7) is 9.79. The predicted molar refractivity (Wildman–Crippen MR) is 87.6 cm³/mol. The summed E-state index contributed by atoms with van der Waals surface area (Å²) in [6, 6.07) is 8.24. The first-order valence-electron chi connectivity index (χ1n) is 7.17. The highest BCUT2D eigenvalue weighted by atomic mass is 35.5. The Morgan fingerprint density at radius 2 is 2.00 bits per heavy atom. The van der Waals surface area contributed by atoms with Crippen LogP contribution in [0.15, 0.2) is 30.5 Å². The number of pyridine rings is 1. The molecule has 0 radical (unpaired) electrons. The van der Waals surface area contributed by atoms with Crippen LogP contribution in [0, 0.1) is 0 Å². The molecule has 0 bridgehead atoms. The van der Waals surface area contributed by atoms with Crippen LogP contribution in [-0.4, -0.2) is 35.6 Å². The van der Waals surface area contributed by atoms with Gasteiger partial charge in [0.05, 0.1) is 5.52 Å². The van der Waals surface area contributed by atoms with E-state index >= 15 is 0 Å². The van der Waals surface area contributed by atoms with Gasteiger partial charge in [-0.2, -0.15) is 0 Å². The molecule has 1 atom stereocenters. The van der Waals surface area contributed by atoms with Crippen molar-refractivity contribution in [3.05, 3.63) is 35.5 Å². The number of anilines is 1. The van der Waals surface area contributed by atoms with Crippen LogP contribution >= 0.6 is 11.6 Å². The molecule has 0 saturated carbocycles. The first kappa shape index (κ1) is 15.1. The molecule has 2 aromatic rings. The normalized spacial score (nSPS) is 12.8. The lowest BCUT2D eigenvalue weighted by Crippen LogP contribution is -2.34. The van der Waals surface area contributed by atoms with Gasteiger partial charge >= 0.3 is 0 Å². The maximum absolute atomic E-state index is 6.02. The third kappa shape index (κ3) is 3.62. The molecule has 0 aliphatic heterocycles. The van der Waals surface area contributed by atoms with Crippen molar-refractivity contribution in [2.45, 2.75) is 26.8 Å². The lowest BCUT2D eigenvalue weighted by Gasteiger charge is -2.24. The van der Waals surface area contributed by atoms with E-state index < -0.39 is 0 Å². The van der Waals surface area contributed by atoms with Gasteiger partial charge in [-0.05, 0) is 44.3 Å². The molecule has 0 fully saturated rings. The van der Waals surface area contributed by atoms with Crippen LogP contribution in [0.25, 0.3) is 10.9 Å². The Hall–Kier alpha value is -1.32. The Morgan fingerprint density at radius 1 is 1.25 bits per heavy atom. The van der Waals surface area contributed by atoms with Crippen molar-refractivity contribution in [1.82, 2.24) is 9.88 Å². The summed E-state index contributed by atoms with van der Waals surface area (Å²) in [5.41, 5.74) is 2.05. The maximum atomic E-state index is 6.02. The molecule has 4 heteroatoms. The highest BCUT2D eigenvalue weighted by Gasteiger charge is 2.09. The Balaban J connectivity index is 2.17. The lowest BCUT2D eigenvalue weighted by atomic mass is 10.1. The smallest absolute Gasteiger partial charge is 0.0737 e. The molecule has 0 unspecified atom stereocenters. The molecule has 1 aromatic heterocycles. The topological polar surface area (TPSA) is 28.2 Å². The van der Waals surface area contributed by atoms with Crippen molar-refractivity contribution in [1.29, 1.82) is 0 Å². The number of hydrogen-bond acceptors (Lipinski definition) is 3. The summed E-state index contributed by atoms with van der Waals surface area (Å²) in [4.78, 5) is 6.78. The zero-order valence-electron chi connectivity index (χ0n) is 12.4. The van der Waals surface area contributed by atoms with E-state index in [0.717, 1.165) is 41.2 Å². The molecular weight excluding hydrogens is 270 g/mol. The predicted octanol–water partition coefficient (Wildman–Crippen LogP) is 4.03. The van der Waals surface area contributed by atoms with Crippen molar-refractivity contribution in [2.24, 2.45) is 0 Å². The molecule has 1 N–H and O–H groups in total. The molecule has 0 aliphatic carbocycles. The standard InChI is InChI=1S/C16H22ClN3/c1-4-20(5-2)11-12(3)19-15-8-9-18-16-10-13(17)6-7-14(15)16/h6-10,12H,4-5,11H2,1-3H3,(H,18,19)/t12-/m1/s1. The number of halogens is 1. The summed E-state index contributed by atoms with van der Waals surface area (Å²) < 4.78 is 0. The molecule has 0 spiro atoms. The van der Waals surface area contributed by atoms with Gasteiger partial charge in [-0.25, -0.2) is 0 Å². The molecule has 3 nitrogen and oxygen atoms in total. The quantitative estimate of drug-likeness (QED) is 0.871. The number of nitrogens with zero attached hydrogens (tertiary/aromatic N) is 2. The molecule has 0 amide bonds. The zero-order chi connectivity index (χ0) is 14.5. The van der Waals surface area contributed by atoms with E-state index in [1.165, 1.54) is 0 Å². The van der Waals surface area contributed by atoms with Gasteiger partial charge in [-0.3, -0.25) is 4.98 Å². The van der Waals surface area contributed by atoms with Crippen LogP contribution in [0.3, 0.4) is 0 Å². The molecule has 20 heavy (non-hydrogen) atoms. The number of hydrogen-bond donors (Lipinski definition) is 1. The Bertz CT molecular complexity index is 567. The van der Waals surface area contributed by atoms with Crippen LogP contribution in [0.5, 0.6) is 0 Å². The Morgan fingerprint density at radius 3 is 2.70 bits per heavy atom. The largest absolute Gasteiger partial charge is 0.381 e. The minimum absolute atomic E-state index is 0.385. The van der Waals surface area contributed by atoms with E-state index in [1.54, 1.807) is 0 Å². The first-order chi connectivity index (χ1) is 9.63. The van der Waals surface area contributed by atoms with Crippen LogP contribution in [0.4, 0.5) is 5.69 Å². The van der Waals surface area contributed by atoms with Crippen LogP contribution in [0.1, 0.15) is 20.8 Å². The van der Waals surface area contributed by atoms with Gasteiger partial charge in [0.15, 0.2) is 0 Å². The van der Waals surface area contributed by atoms with E-state index in [9.17, 15) is 0 Å². The highest BCUT2D eigenvalue weighted by molar-refractivity contribution is 6.31. The van der Waals surface area contributed by atoms with Crippen LogP contribution in [0.2, 0.25) is 5.02 Å². The second kappa shape index (κ2) is 6.91. The molecule has 0 aliphatic rings. The van der Waals surface area contributed by atoms with E-state index in [0.29, 0.717) is 6.04 Å². The molecule has 108 valence electrons. The number of nitrogens with one attached hydrogen (secondary N) is 1. The fourth-order valence-corrected chi connectivity index (χ4v) is 2.59. The number of likely N-dealkylation sites (N-methyl/N-ethyl adjacent to an activating group) is 1. The maximum Gasteiger partial charge on any atom is 0.0737 e. The van der Waals surface area contributed by atoms with Gasteiger partial charge in [0, 0.05) is 34.9 Å². The summed E-state index contributed by atoms with van der Waals surface area (Å²) >= 11 is 6.02. The van der Waals surface area contributed by atoms with Gasteiger partial charge in [-0.15, -0.1) is 0 Å². The van der Waals surface area contributed by atoms with E-state index in [1.807, 2.05) is 30.5 Å². The monoisotopic (exact) mass is 291 g/mol. The molecular formula is C16H22ClN3. The van der Waals surface area contributed by atoms with Crippen molar-refractivity contribution in [3.63, 3.8) is 0 Å². The van der Waals surface area contributed by atoms with Gasteiger partial charge in [0.25, 0.3) is 0 Å². The van der Waals surface area contributed by atoms with Crippen molar-refractivity contribution in [2.75, 3.05) is 25.0 Å². The molecule has 0 saturated heterocycles. The summed E-state index contributed by atoms with van der Waals surface area (Å²) in [6.07, 6.45) is 1.82. The van der Waals surface area contributed by atoms with Crippen molar-refractivity contribution >= 4 is 28.2 Å². The Labute approximate surface area is 126 Å². The van der Waals surface area contributed by atoms with Crippen LogP contribution in [-0.2, 0) is 0 Å². The fraction of sp³-hybridized carbons (Fsp3) is 0.438. The average molecular weight is 292 g/mol. The number of benzene rings is 1. The zero-order valence-corrected chi connectivity index (χ0v) is 13.1. The van der Waals surface area contributed by atoms with Gasteiger partial charge in [0.1, 0.15) is 0 Å². The molecule has 1 heterocycles. The average Bonchev–Trinajstić information content (AvgIpc) is 2.44. The minimum Gasteiger partial charge on any atom is -0.381 e. The molecule has 2 rings (SSSR count). The second-order valence-corrected chi connectivity index (χ2v) is 5.49. The third-order valence-electron chi connectivity index (χ3n) is 3.53. The number of rotatable bonds is 6. The number of fused-ring (bicyclic) bond motifs is 1. The highest BCUT2D eigenvalue weighted by Crippen LogP contribution is 2.24. The van der Waals surface area contributed by atoms with E-state index in [4.69, 9.17) is 11.6 Å². The van der Waals surface area contributed by atoms with Crippen molar-refractivity contribution in [3.8, 4) is 0 Å². The van der Waals surface area contributed by atoms with E-state index in [-0.39, 0.29) is 0 Å². The molecule has 1 aromatic carbocycles. The SMILES string of the molecule is CCN(CC)C[C@@H](C)Nc1ccnc2cc(Cl)ccc12. The first-order valence-corrected chi connectivity index (χ1v) is 7.55. The van der Waals surface area contributed by atoms with Gasteiger partial charge in [0.2, 0.25) is 0 Å².